The van der Waals surface area contributed by atoms with Crippen LogP contribution in [0.5, 0.6) is 5.75 Å². The second-order valence-corrected chi connectivity index (χ2v) is 4.70. The number of nitrogens with two attached hydrogens (primary N) is 1. The molecule has 2 aromatic rings. The van der Waals surface area contributed by atoms with Crippen molar-refractivity contribution < 1.29 is 14.7 Å². The van der Waals surface area contributed by atoms with Gasteiger partial charge in [0.1, 0.15) is 5.75 Å². The van der Waals surface area contributed by atoms with Crippen LogP contribution in [0.3, 0.4) is 0 Å². The minimum absolute atomic E-state index is 0.0652. The van der Waals surface area contributed by atoms with Gasteiger partial charge in [-0.25, -0.2) is 0 Å². The highest BCUT2D eigenvalue weighted by Crippen LogP contribution is 2.18. The summed E-state index contributed by atoms with van der Waals surface area (Å²) in [6.07, 6.45) is 3.11. The van der Waals surface area contributed by atoms with Crippen LogP contribution >= 0.6 is 0 Å². The van der Waals surface area contributed by atoms with Gasteiger partial charge in [0, 0.05) is 5.56 Å². The molecule has 3 N–H and O–H groups in total. The topological polar surface area (TPSA) is 80.4 Å². The summed E-state index contributed by atoms with van der Waals surface area (Å²) in [5.41, 5.74) is 7.41. The fourth-order valence-electron chi connectivity index (χ4n) is 1.83. The van der Waals surface area contributed by atoms with Gasteiger partial charge < -0.3 is 10.8 Å². The highest BCUT2D eigenvalue weighted by Gasteiger charge is 2.11. The van der Waals surface area contributed by atoms with Gasteiger partial charge in [0.15, 0.2) is 5.78 Å². The molecule has 0 aliphatic carbocycles. The molecule has 0 spiro atoms. The van der Waals surface area contributed by atoms with E-state index in [0.717, 1.165) is 11.1 Å². The Morgan fingerprint density at radius 3 is 2.38 bits per heavy atom. The maximum Gasteiger partial charge on any atom is 0.252 e. The van der Waals surface area contributed by atoms with Gasteiger partial charge in [-0.2, -0.15) is 0 Å². The molecular formula is C17H15NO3. The number of primary amides is 1. The molecule has 106 valence electrons. The van der Waals surface area contributed by atoms with E-state index in [9.17, 15) is 14.7 Å². The predicted molar refractivity (Wildman–Crippen MR) is 81.2 cm³/mol. The number of hydrogen-bond donors (Lipinski definition) is 2. The Hall–Kier alpha value is -2.88. The van der Waals surface area contributed by atoms with Gasteiger partial charge in [0.25, 0.3) is 5.91 Å². The summed E-state index contributed by atoms with van der Waals surface area (Å²) in [6.45, 7) is 1.99. The third kappa shape index (κ3) is 3.57. The van der Waals surface area contributed by atoms with Crippen LogP contribution in [0.2, 0.25) is 0 Å². The van der Waals surface area contributed by atoms with E-state index in [-0.39, 0.29) is 17.1 Å². The van der Waals surface area contributed by atoms with E-state index in [0.29, 0.717) is 5.56 Å². The lowest BCUT2D eigenvalue weighted by molar-refractivity contribution is 0.0997. The first-order valence-electron chi connectivity index (χ1n) is 6.39. The Labute approximate surface area is 122 Å². The molecule has 0 fully saturated rings. The van der Waals surface area contributed by atoms with E-state index >= 15 is 0 Å². The minimum Gasteiger partial charge on any atom is -0.507 e. The van der Waals surface area contributed by atoms with Gasteiger partial charge in [-0.05, 0) is 36.8 Å². The molecule has 0 saturated heterocycles. The Balaban J connectivity index is 2.22. The lowest BCUT2D eigenvalue weighted by atomic mass is 10.0. The molecule has 0 unspecified atom stereocenters. The van der Waals surface area contributed by atoms with Crippen LogP contribution < -0.4 is 5.73 Å². The Bertz CT molecular complexity index is 715. The van der Waals surface area contributed by atoms with Crippen molar-refractivity contribution in [3.05, 3.63) is 70.8 Å². The van der Waals surface area contributed by atoms with Gasteiger partial charge in [-0.15, -0.1) is 0 Å². The monoisotopic (exact) mass is 281 g/mol. The summed E-state index contributed by atoms with van der Waals surface area (Å²) < 4.78 is 0. The first-order chi connectivity index (χ1) is 9.97. The summed E-state index contributed by atoms with van der Waals surface area (Å²) in [4.78, 5) is 23.2. The van der Waals surface area contributed by atoms with Crippen molar-refractivity contribution in [3.8, 4) is 5.75 Å². The zero-order valence-electron chi connectivity index (χ0n) is 11.5. The molecule has 4 nitrogen and oxygen atoms in total. The first-order valence-corrected chi connectivity index (χ1v) is 6.39. The maximum atomic E-state index is 12.1. The number of carbonyl (C=O) groups is 2. The number of aryl methyl sites for hydroxylation is 1. The molecule has 0 saturated carbocycles. The third-order valence-corrected chi connectivity index (χ3v) is 3.05. The van der Waals surface area contributed by atoms with E-state index in [1.54, 1.807) is 6.08 Å². The Morgan fingerprint density at radius 2 is 1.76 bits per heavy atom. The van der Waals surface area contributed by atoms with Gasteiger partial charge in [0.05, 0.1) is 5.56 Å². The van der Waals surface area contributed by atoms with Gasteiger partial charge in [-0.3, -0.25) is 9.59 Å². The van der Waals surface area contributed by atoms with Crippen LogP contribution in [-0.4, -0.2) is 16.8 Å². The lowest BCUT2D eigenvalue weighted by Gasteiger charge is -2.02. The molecule has 0 aliphatic rings. The van der Waals surface area contributed by atoms with Gasteiger partial charge in [0.2, 0.25) is 0 Å². The molecule has 0 bridgehead atoms. The number of carbonyl (C=O) groups excluding carboxylic acids is 2. The van der Waals surface area contributed by atoms with Crippen LogP contribution in [0.4, 0.5) is 0 Å². The fourth-order valence-corrected chi connectivity index (χ4v) is 1.83. The minimum atomic E-state index is -0.773. The van der Waals surface area contributed by atoms with Gasteiger partial charge in [-0.1, -0.05) is 35.9 Å². The lowest BCUT2D eigenvalue weighted by Crippen LogP contribution is -2.12. The van der Waals surface area contributed by atoms with Crippen molar-refractivity contribution in [1.29, 1.82) is 0 Å². The number of aromatic hydroxyl groups is 1. The highest BCUT2D eigenvalue weighted by atomic mass is 16.3. The third-order valence-electron chi connectivity index (χ3n) is 3.05. The first kappa shape index (κ1) is 14.5. The zero-order chi connectivity index (χ0) is 15.4. The number of hydrogen-bond acceptors (Lipinski definition) is 3. The zero-order valence-corrected chi connectivity index (χ0v) is 11.5. The van der Waals surface area contributed by atoms with Crippen LogP contribution in [0, 0.1) is 6.92 Å². The molecule has 0 aliphatic heterocycles. The molecule has 1 amide bonds. The van der Waals surface area contributed by atoms with E-state index in [4.69, 9.17) is 5.73 Å². The Morgan fingerprint density at radius 1 is 1.10 bits per heavy atom. The summed E-state index contributed by atoms with van der Waals surface area (Å²) in [5, 5.41) is 9.49. The summed E-state index contributed by atoms with van der Waals surface area (Å²) >= 11 is 0. The molecule has 21 heavy (non-hydrogen) atoms. The largest absolute Gasteiger partial charge is 0.507 e. The highest BCUT2D eigenvalue weighted by molar-refractivity contribution is 6.08. The van der Waals surface area contributed by atoms with E-state index in [1.807, 2.05) is 31.2 Å². The molecule has 0 heterocycles. The van der Waals surface area contributed by atoms with Crippen molar-refractivity contribution in [1.82, 2.24) is 0 Å². The number of rotatable bonds is 4. The van der Waals surface area contributed by atoms with Crippen LogP contribution in [0.15, 0.2) is 48.5 Å². The number of phenols is 1. The molecule has 0 radical (unpaired) electrons. The standard InChI is InChI=1S/C17H15NO3/c1-11-2-4-12(5-3-11)6-8-15(19)13-7-9-16(20)14(10-13)17(18)21/h2-10,20H,1H3,(H2,18,21). The predicted octanol–water partition coefficient (Wildman–Crippen LogP) is 2.70. The smallest absolute Gasteiger partial charge is 0.252 e. The maximum absolute atomic E-state index is 12.1. The average molecular weight is 281 g/mol. The van der Waals surface area contributed by atoms with Crippen LogP contribution in [-0.2, 0) is 0 Å². The second kappa shape index (κ2) is 6.05. The summed E-state index contributed by atoms with van der Waals surface area (Å²) in [6, 6.07) is 11.7. The molecule has 2 aromatic carbocycles. The van der Waals surface area contributed by atoms with Crippen LogP contribution in [0.25, 0.3) is 6.08 Å². The number of ketones is 1. The molecule has 4 heteroatoms. The van der Waals surface area contributed by atoms with E-state index < -0.39 is 5.91 Å². The van der Waals surface area contributed by atoms with Crippen LogP contribution in [0.1, 0.15) is 31.8 Å². The molecule has 2 rings (SSSR count). The van der Waals surface area contributed by atoms with E-state index in [1.165, 1.54) is 24.3 Å². The summed E-state index contributed by atoms with van der Waals surface area (Å²) in [5.74, 6) is -1.27. The van der Waals surface area contributed by atoms with Crippen molar-refractivity contribution in [3.63, 3.8) is 0 Å². The van der Waals surface area contributed by atoms with Crippen molar-refractivity contribution in [2.24, 2.45) is 5.73 Å². The molecular weight excluding hydrogens is 266 g/mol. The van der Waals surface area contributed by atoms with Gasteiger partial charge >= 0.3 is 0 Å². The average Bonchev–Trinajstić information content (AvgIpc) is 2.46. The number of amides is 1. The number of allylic oxidation sites excluding steroid dienone is 1. The molecule has 0 atom stereocenters. The SMILES string of the molecule is Cc1ccc(C=CC(=O)c2ccc(O)c(C(N)=O)c2)cc1. The normalized spacial score (nSPS) is 10.7. The quantitative estimate of drug-likeness (QED) is 0.668. The fraction of sp³-hybridized carbons (Fsp3) is 0.0588. The van der Waals surface area contributed by atoms with Crippen molar-refractivity contribution in [2.45, 2.75) is 6.92 Å². The van der Waals surface area contributed by atoms with Crippen molar-refractivity contribution in [2.75, 3.05) is 0 Å². The van der Waals surface area contributed by atoms with Crippen molar-refractivity contribution >= 4 is 17.8 Å². The summed E-state index contributed by atoms with van der Waals surface area (Å²) in [7, 11) is 0. The Kier molecular flexibility index (Phi) is 4.18. The second-order valence-electron chi connectivity index (χ2n) is 4.70. The number of benzene rings is 2. The molecule has 0 aromatic heterocycles. The van der Waals surface area contributed by atoms with E-state index in [2.05, 4.69) is 0 Å².